The predicted molar refractivity (Wildman–Crippen MR) is 77.0 cm³/mol. The summed E-state index contributed by atoms with van der Waals surface area (Å²) in [5, 5.41) is 5.68. The first-order valence-corrected chi connectivity index (χ1v) is 6.80. The summed E-state index contributed by atoms with van der Waals surface area (Å²) >= 11 is 0. The maximum absolute atomic E-state index is 5.95. The van der Waals surface area contributed by atoms with E-state index >= 15 is 0 Å². The standard InChI is InChI=1S/C14H21N5/c1-9-13-12(4-5-16-14(13)15)19(17-9)11-6-10(7-11)8-18(2)3/h4-5,10-11H,6-8H2,1-3H3,(H2,15,16). The molecular formula is C14H21N5. The molecule has 102 valence electrons. The normalized spacial score (nSPS) is 22.9. The minimum Gasteiger partial charge on any atom is -0.383 e. The van der Waals surface area contributed by atoms with Crippen molar-refractivity contribution in [1.29, 1.82) is 0 Å². The summed E-state index contributed by atoms with van der Waals surface area (Å²) in [5.41, 5.74) is 8.06. The van der Waals surface area contributed by atoms with Gasteiger partial charge in [0.05, 0.1) is 22.6 Å². The zero-order valence-corrected chi connectivity index (χ0v) is 11.8. The van der Waals surface area contributed by atoms with Crippen LogP contribution in [0.5, 0.6) is 0 Å². The van der Waals surface area contributed by atoms with E-state index in [1.807, 2.05) is 13.0 Å². The van der Waals surface area contributed by atoms with Crippen LogP contribution in [0.1, 0.15) is 24.6 Å². The van der Waals surface area contributed by atoms with Crippen LogP contribution in [0.3, 0.4) is 0 Å². The van der Waals surface area contributed by atoms with Crippen molar-refractivity contribution in [3.8, 4) is 0 Å². The van der Waals surface area contributed by atoms with Gasteiger partial charge < -0.3 is 10.6 Å². The van der Waals surface area contributed by atoms with Crippen LogP contribution in [0.15, 0.2) is 12.3 Å². The van der Waals surface area contributed by atoms with Gasteiger partial charge >= 0.3 is 0 Å². The summed E-state index contributed by atoms with van der Waals surface area (Å²) in [6.45, 7) is 3.17. The van der Waals surface area contributed by atoms with Gasteiger partial charge in [0.2, 0.25) is 0 Å². The molecule has 3 rings (SSSR count). The number of fused-ring (bicyclic) bond motifs is 1. The molecule has 0 saturated heterocycles. The van der Waals surface area contributed by atoms with Crippen LogP contribution in [0, 0.1) is 12.8 Å². The average molecular weight is 259 g/mol. The largest absolute Gasteiger partial charge is 0.383 e. The molecule has 1 aliphatic rings. The van der Waals surface area contributed by atoms with Crippen molar-refractivity contribution in [2.24, 2.45) is 5.92 Å². The monoisotopic (exact) mass is 259 g/mol. The highest BCUT2D eigenvalue weighted by molar-refractivity contribution is 5.90. The topological polar surface area (TPSA) is 60.0 Å². The van der Waals surface area contributed by atoms with Crippen molar-refractivity contribution >= 4 is 16.7 Å². The van der Waals surface area contributed by atoms with Crippen molar-refractivity contribution in [1.82, 2.24) is 19.7 Å². The number of aryl methyl sites for hydroxylation is 1. The van der Waals surface area contributed by atoms with Crippen LogP contribution in [0.2, 0.25) is 0 Å². The number of nitrogens with two attached hydrogens (primary N) is 1. The molecule has 1 saturated carbocycles. The van der Waals surface area contributed by atoms with Crippen LogP contribution in [0.4, 0.5) is 5.82 Å². The highest BCUT2D eigenvalue weighted by Gasteiger charge is 2.32. The summed E-state index contributed by atoms with van der Waals surface area (Å²) in [7, 11) is 4.26. The molecule has 0 spiro atoms. The lowest BCUT2D eigenvalue weighted by Gasteiger charge is -2.37. The van der Waals surface area contributed by atoms with Crippen molar-refractivity contribution < 1.29 is 0 Å². The van der Waals surface area contributed by atoms with Crippen LogP contribution < -0.4 is 5.73 Å². The molecule has 1 fully saturated rings. The molecule has 5 nitrogen and oxygen atoms in total. The lowest BCUT2D eigenvalue weighted by molar-refractivity contribution is 0.149. The van der Waals surface area contributed by atoms with Gasteiger partial charge in [-0.3, -0.25) is 4.68 Å². The van der Waals surface area contributed by atoms with E-state index in [2.05, 4.69) is 33.8 Å². The Morgan fingerprint density at radius 1 is 1.42 bits per heavy atom. The molecule has 19 heavy (non-hydrogen) atoms. The molecule has 0 unspecified atom stereocenters. The lowest BCUT2D eigenvalue weighted by atomic mass is 9.80. The van der Waals surface area contributed by atoms with Crippen LogP contribution in [-0.4, -0.2) is 40.3 Å². The Morgan fingerprint density at radius 3 is 2.84 bits per heavy atom. The van der Waals surface area contributed by atoms with Gasteiger partial charge in [0.1, 0.15) is 5.82 Å². The fourth-order valence-corrected chi connectivity index (χ4v) is 3.14. The summed E-state index contributed by atoms with van der Waals surface area (Å²) in [5.74, 6) is 1.38. The minimum atomic E-state index is 0.517. The summed E-state index contributed by atoms with van der Waals surface area (Å²) in [6.07, 6.45) is 4.18. The van der Waals surface area contributed by atoms with Gasteiger partial charge in [0, 0.05) is 12.7 Å². The second kappa shape index (κ2) is 4.49. The second-order valence-corrected chi connectivity index (χ2v) is 5.87. The third-order valence-corrected chi connectivity index (χ3v) is 4.00. The Balaban J connectivity index is 1.86. The fraction of sp³-hybridized carbons (Fsp3) is 0.571. The summed E-state index contributed by atoms with van der Waals surface area (Å²) < 4.78 is 2.15. The van der Waals surface area contributed by atoms with Gasteiger partial charge in [-0.15, -0.1) is 0 Å². The molecule has 2 aromatic rings. The molecule has 1 aliphatic carbocycles. The highest BCUT2D eigenvalue weighted by Crippen LogP contribution is 2.40. The number of hydrogen-bond donors (Lipinski definition) is 1. The van der Waals surface area contributed by atoms with E-state index in [4.69, 9.17) is 5.73 Å². The van der Waals surface area contributed by atoms with E-state index in [1.165, 1.54) is 19.4 Å². The van der Waals surface area contributed by atoms with E-state index in [0.29, 0.717) is 11.9 Å². The Morgan fingerprint density at radius 2 is 2.16 bits per heavy atom. The van der Waals surface area contributed by atoms with E-state index in [9.17, 15) is 0 Å². The number of nitrogens with zero attached hydrogens (tertiary/aromatic N) is 4. The second-order valence-electron chi connectivity index (χ2n) is 5.87. The minimum absolute atomic E-state index is 0.517. The van der Waals surface area contributed by atoms with Crippen LogP contribution >= 0.6 is 0 Å². The molecule has 2 aromatic heterocycles. The Kier molecular flexibility index (Phi) is 2.93. The number of nitrogen functional groups attached to an aromatic ring is 1. The zero-order chi connectivity index (χ0) is 13.6. The van der Waals surface area contributed by atoms with Gasteiger partial charge in [-0.05, 0) is 45.8 Å². The average Bonchev–Trinajstić information content (AvgIpc) is 2.62. The molecular weight excluding hydrogens is 238 g/mol. The first kappa shape index (κ1) is 12.4. The smallest absolute Gasteiger partial charge is 0.134 e. The Hall–Kier alpha value is -1.62. The molecule has 2 heterocycles. The molecule has 5 heteroatoms. The number of rotatable bonds is 3. The quantitative estimate of drug-likeness (QED) is 0.913. The van der Waals surface area contributed by atoms with Gasteiger partial charge in [0.25, 0.3) is 0 Å². The van der Waals surface area contributed by atoms with Crippen molar-refractivity contribution in [3.05, 3.63) is 18.0 Å². The van der Waals surface area contributed by atoms with Crippen LogP contribution in [0.25, 0.3) is 10.9 Å². The first-order valence-electron chi connectivity index (χ1n) is 6.80. The number of anilines is 1. The first-order chi connectivity index (χ1) is 9.06. The van der Waals surface area contributed by atoms with Gasteiger partial charge in [-0.1, -0.05) is 0 Å². The zero-order valence-electron chi connectivity index (χ0n) is 11.8. The number of hydrogen-bond acceptors (Lipinski definition) is 4. The molecule has 0 amide bonds. The molecule has 0 bridgehead atoms. The third kappa shape index (κ3) is 2.08. The van der Waals surface area contributed by atoms with Gasteiger partial charge in [0.15, 0.2) is 0 Å². The highest BCUT2D eigenvalue weighted by atomic mass is 15.3. The van der Waals surface area contributed by atoms with Crippen LogP contribution in [-0.2, 0) is 0 Å². The lowest BCUT2D eigenvalue weighted by Crippen LogP contribution is -2.34. The Labute approximate surface area is 113 Å². The van der Waals surface area contributed by atoms with Gasteiger partial charge in [-0.25, -0.2) is 4.98 Å². The Bertz CT molecular complexity index is 595. The number of pyridine rings is 1. The maximum atomic E-state index is 5.95. The molecule has 0 aromatic carbocycles. The van der Waals surface area contributed by atoms with E-state index in [0.717, 1.165) is 22.5 Å². The molecule has 0 radical (unpaired) electrons. The predicted octanol–water partition coefficient (Wildman–Crippen LogP) is 1.83. The van der Waals surface area contributed by atoms with E-state index in [1.54, 1.807) is 6.20 Å². The van der Waals surface area contributed by atoms with Crippen molar-refractivity contribution in [2.75, 3.05) is 26.4 Å². The van der Waals surface area contributed by atoms with Crippen molar-refractivity contribution in [2.45, 2.75) is 25.8 Å². The molecule has 0 atom stereocenters. The van der Waals surface area contributed by atoms with E-state index in [-0.39, 0.29) is 0 Å². The molecule has 2 N–H and O–H groups in total. The fourth-order valence-electron chi connectivity index (χ4n) is 3.14. The van der Waals surface area contributed by atoms with Gasteiger partial charge in [-0.2, -0.15) is 5.10 Å². The molecule has 0 aliphatic heterocycles. The van der Waals surface area contributed by atoms with Crippen molar-refractivity contribution in [3.63, 3.8) is 0 Å². The van der Waals surface area contributed by atoms with E-state index < -0.39 is 0 Å². The summed E-state index contributed by atoms with van der Waals surface area (Å²) in [4.78, 5) is 6.42. The SMILES string of the molecule is Cc1nn(C2CC(CN(C)C)C2)c2ccnc(N)c12. The maximum Gasteiger partial charge on any atom is 0.134 e. The summed E-state index contributed by atoms with van der Waals surface area (Å²) in [6, 6.07) is 2.54. The number of aromatic nitrogens is 3. The third-order valence-electron chi connectivity index (χ3n) is 4.00.